The molecule has 0 unspecified atom stereocenters. The largest absolute Gasteiger partial charge is 0.412 e. The number of aromatic amines is 1. The Morgan fingerprint density at radius 1 is 0.971 bits per heavy atom. The smallest absolute Gasteiger partial charge is 0.410 e. The fourth-order valence-electron chi connectivity index (χ4n) is 3.34. The summed E-state index contributed by atoms with van der Waals surface area (Å²) in [6.07, 6.45) is 2.07. The number of hydrogen-bond donors (Lipinski definition) is 3. The minimum Gasteiger partial charge on any atom is -0.410 e. The first-order valence-corrected chi connectivity index (χ1v) is 11.9. The van der Waals surface area contributed by atoms with Gasteiger partial charge in [0.1, 0.15) is 17.1 Å². The van der Waals surface area contributed by atoms with Gasteiger partial charge < -0.3 is 15.4 Å². The summed E-state index contributed by atoms with van der Waals surface area (Å²) < 4.78 is 5.15. The molecule has 1 heterocycles. The van der Waals surface area contributed by atoms with Crippen molar-refractivity contribution in [2.24, 2.45) is 0 Å². The third-order valence-electron chi connectivity index (χ3n) is 5.02. The molecule has 0 spiro atoms. The molecular weight excluding hydrogens is 468 g/mol. The molecule has 0 bridgehead atoms. The van der Waals surface area contributed by atoms with Crippen molar-refractivity contribution in [2.75, 3.05) is 17.6 Å². The highest BCUT2D eigenvalue weighted by molar-refractivity contribution is 8.04. The van der Waals surface area contributed by atoms with E-state index < -0.39 is 23.6 Å². The zero-order valence-electron chi connectivity index (χ0n) is 18.6. The molecule has 0 saturated carbocycles. The highest BCUT2D eigenvalue weighted by Gasteiger charge is 2.33. The highest BCUT2D eigenvalue weighted by atomic mass is 32.2. The third-order valence-corrected chi connectivity index (χ3v) is 6.13. The molecule has 0 atom stereocenters. The Hall–Kier alpha value is -4.18. The Morgan fingerprint density at radius 3 is 2.43 bits per heavy atom. The van der Waals surface area contributed by atoms with E-state index in [0.29, 0.717) is 36.6 Å². The van der Waals surface area contributed by atoms with Crippen LogP contribution in [-0.4, -0.2) is 46.1 Å². The first kappa shape index (κ1) is 24.0. The molecule has 3 aromatic rings. The van der Waals surface area contributed by atoms with E-state index in [-0.39, 0.29) is 21.9 Å². The number of fused-ring (bicyclic) bond motifs is 1. The van der Waals surface area contributed by atoms with Gasteiger partial charge in [0, 0.05) is 18.3 Å². The van der Waals surface area contributed by atoms with Crippen LogP contribution in [-0.2, 0) is 0 Å². The lowest BCUT2D eigenvalue weighted by Crippen LogP contribution is -2.27. The zero-order chi connectivity index (χ0) is 24.6. The molecule has 2 aromatic carbocycles. The quantitative estimate of drug-likeness (QED) is 0.383. The van der Waals surface area contributed by atoms with Gasteiger partial charge in [-0.1, -0.05) is 36.4 Å². The number of carbonyl (C=O) groups is 4. The van der Waals surface area contributed by atoms with E-state index in [2.05, 4.69) is 20.8 Å². The second-order valence-corrected chi connectivity index (χ2v) is 8.67. The number of benzene rings is 2. The average Bonchev–Trinajstić information content (AvgIpc) is 3.32. The molecule has 178 valence electrons. The van der Waals surface area contributed by atoms with Crippen LogP contribution < -0.4 is 15.4 Å². The first-order chi connectivity index (χ1) is 17.0. The lowest BCUT2D eigenvalue weighted by atomic mass is 9.99. The number of nitrogens with one attached hydrogen (secondary N) is 3. The summed E-state index contributed by atoms with van der Waals surface area (Å²) in [4.78, 5) is 50.3. The number of thioether (sulfide) groups is 1. The van der Waals surface area contributed by atoms with Crippen molar-refractivity contribution in [3.8, 4) is 5.75 Å². The maximum Gasteiger partial charge on any atom is 0.412 e. The number of Topliss-reactive ketones (excluding diaryl/α,β-unsaturated/α-hetero) is 1. The Balaban J connectivity index is 1.26. The number of nitrogens with zero attached hydrogens (tertiary/aromatic N) is 1. The average molecular weight is 491 g/mol. The van der Waals surface area contributed by atoms with Crippen LogP contribution in [0, 0.1) is 0 Å². The van der Waals surface area contributed by atoms with Crippen LogP contribution in [0.4, 0.5) is 10.5 Å². The zero-order valence-corrected chi connectivity index (χ0v) is 19.4. The molecule has 1 aliphatic carbocycles. The van der Waals surface area contributed by atoms with E-state index in [1.807, 2.05) is 12.1 Å². The summed E-state index contributed by atoms with van der Waals surface area (Å²) in [5, 5.41) is 11.8. The number of unbranched alkanes of at least 4 members (excludes halogenated alkanes) is 1. The second-order valence-electron chi connectivity index (χ2n) is 7.53. The number of para-hydroxylation sites is 2. The molecule has 35 heavy (non-hydrogen) atoms. The van der Waals surface area contributed by atoms with E-state index in [1.165, 1.54) is 17.8 Å². The van der Waals surface area contributed by atoms with Crippen molar-refractivity contribution in [3.63, 3.8) is 0 Å². The number of ketones is 2. The Labute approximate surface area is 205 Å². The number of ether oxygens (including phenoxy) is 1. The predicted octanol–water partition coefficient (Wildman–Crippen LogP) is 4.23. The van der Waals surface area contributed by atoms with Crippen LogP contribution in [0.25, 0.3) is 0 Å². The molecular formula is C25H22N4O5S. The van der Waals surface area contributed by atoms with Crippen LogP contribution >= 0.6 is 11.8 Å². The molecule has 3 N–H and O–H groups in total. The van der Waals surface area contributed by atoms with E-state index in [4.69, 9.17) is 4.74 Å². The first-order valence-electron chi connectivity index (χ1n) is 10.9. The van der Waals surface area contributed by atoms with Gasteiger partial charge in [0.15, 0.2) is 0 Å². The second kappa shape index (κ2) is 11.3. The molecule has 2 amide bonds. The van der Waals surface area contributed by atoms with Crippen molar-refractivity contribution in [1.29, 1.82) is 0 Å². The third kappa shape index (κ3) is 6.04. The predicted molar refractivity (Wildman–Crippen MR) is 132 cm³/mol. The Morgan fingerprint density at radius 2 is 1.69 bits per heavy atom. The minimum atomic E-state index is -0.550. The summed E-state index contributed by atoms with van der Waals surface area (Å²) in [7, 11) is 0. The molecule has 10 heteroatoms. The van der Waals surface area contributed by atoms with Gasteiger partial charge in [0.05, 0.1) is 10.5 Å². The molecule has 9 nitrogen and oxygen atoms in total. The van der Waals surface area contributed by atoms with Gasteiger partial charge in [-0.25, -0.2) is 4.79 Å². The Kier molecular flexibility index (Phi) is 7.74. The van der Waals surface area contributed by atoms with Gasteiger partial charge in [-0.3, -0.25) is 19.5 Å². The summed E-state index contributed by atoms with van der Waals surface area (Å²) in [5.74, 6) is -0.378. The topological polar surface area (TPSA) is 130 Å². The number of aromatic nitrogens is 2. The highest BCUT2D eigenvalue weighted by Crippen LogP contribution is 2.30. The van der Waals surface area contributed by atoms with Crippen molar-refractivity contribution < 1.29 is 23.9 Å². The normalized spacial score (nSPS) is 12.5. The number of anilines is 1. The van der Waals surface area contributed by atoms with Crippen LogP contribution in [0.5, 0.6) is 5.75 Å². The lowest BCUT2D eigenvalue weighted by Gasteiger charge is -2.12. The monoisotopic (exact) mass is 490 g/mol. The lowest BCUT2D eigenvalue weighted by molar-refractivity contribution is 0.0979. The van der Waals surface area contributed by atoms with Gasteiger partial charge in [0.25, 0.3) is 5.91 Å². The summed E-state index contributed by atoms with van der Waals surface area (Å²) in [6, 6.07) is 17.5. The maximum absolute atomic E-state index is 13.0. The molecule has 0 saturated heterocycles. The SMILES string of the molecule is O=C(NCCCCSC1=CC(=O)c2n[nH]c(C(=O)Nc3ccccc3)c2C1=O)Oc1ccccc1. The van der Waals surface area contributed by atoms with Crippen LogP contribution in [0.1, 0.15) is 44.2 Å². The van der Waals surface area contributed by atoms with Crippen LogP contribution in [0.15, 0.2) is 71.6 Å². The summed E-state index contributed by atoms with van der Waals surface area (Å²) in [6.45, 7) is 0.411. The van der Waals surface area contributed by atoms with Gasteiger partial charge in [-0.05, 0) is 42.9 Å². The van der Waals surface area contributed by atoms with Gasteiger partial charge >= 0.3 is 6.09 Å². The molecule has 1 aliphatic rings. The summed E-state index contributed by atoms with van der Waals surface area (Å²) >= 11 is 1.24. The van der Waals surface area contributed by atoms with E-state index in [9.17, 15) is 19.2 Å². The molecule has 0 radical (unpaired) electrons. The number of rotatable bonds is 9. The summed E-state index contributed by atoms with van der Waals surface area (Å²) in [5.41, 5.74) is 0.439. The van der Waals surface area contributed by atoms with E-state index in [1.54, 1.807) is 48.5 Å². The van der Waals surface area contributed by atoms with Gasteiger partial charge in [0.2, 0.25) is 11.6 Å². The minimum absolute atomic E-state index is 0.0150. The molecule has 0 fully saturated rings. The maximum atomic E-state index is 13.0. The van der Waals surface area contributed by atoms with Crippen molar-refractivity contribution in [3.05, 3.63) is 88.6 Å². The van der Waals surface area contributed by atoms with E-state index in [0.717, 1.165) is 0 Å². The van der Waals surface area contributed by atoms with Crippen molar-refractivity contribution >= 4 is 41.0 Å². The Bertz CT molecular complexity index is 1270. The molecule has 0 aliphatic heterocycles. The number of H-pyrrole nitrogens is 1. The fourth-order valence-corrected chi connectivity index (χ4v) is 4.33. The molecule has 4 rings (SSSR count). The number of carbonyl (C=O) groups excluding carboxylic acids is 4. The van der Waals surface area contributed by atoms with Crippen LogP contribution in [0.3, 0.4) is 0 Å². The molecule has 1 aromatic heterocycles. The standard InChI is InChI=1S/C25H22N4O5S/c30-18-15-19(35-14-8-7-13-26-25(33)34-17-11-5-2-6-12-17)23(31)20-21(18)28-29-22(20)24(32)27-16-9-3-1-4-10-16/h1-6,9-12,15H,7-8,13-14H2,(H,26,33)(H,27,32)(H,28,29). The number of amides is 2. The van der Waals surface area contributed by atoms with Crippen LogP contribution in [0.2, 0.25) is 0 Å². The van der Waals surface area contributed by atoms with Crippen molar-refractivity contribution in [2.45, 2.75) is 12.8 Å². The van der Waals surface area contributed by atoms with E-state index >= 15 is 0 Å². The van der Waals surface area contributed by atoms with Crippen molar-refractivity contribution in [1.82, 2.24) is 15.5 Å². The number of allylic oxidation sites excluding steroid dienone is 2. The fraction of sp³-hybridized carbons (Fsp3) is 0.160. The van der Waals surface area contributed by atoms with Gasteiger partial charge in [-0.2, -0.15) is 5.10 Å². The van der Waals surface area contributed by atoms with Gasteiger partial charge in [-0.15, -0.1) is 11.8 Å². The number of hydrogen-bond acceptors (Lipinski definition) is 7.